The highest BCUT2D eigenvalue weighted by molar-refractivity contribution is 5.84. The van der Waals surface area contributed by atoms with E-state index >= 15 is 0 Å². The summed E-state index contributed by atoms with van der Waals surface area (Å²) in [6.07, 6.45) is 4.03. The third-order valence-corrected chi connectivity index (χ3v) is 5.25. The van der Waals surface area contributed by atoms with Crippen LogP contribution in [-0.4, -0.2) is 65.3 Å². The van der Waals surface area contributed by atoms with Gasteiger partial charge < -0.3 is 19.6 Å². The predicted octanol–water partition coefficient (Wildman–Crippen LogP) is 1.40. The van der Waals surface area contributed by atoms with E-state index in [1.54, 1.807) is 9.80 Å². The molecule has 3 aliphatic rings. The number of rotatable bonds is 2. The van der Waals surface area contributed by atoms with Gasteiger partial charge in [0, 0.05) is 19.6 Å². The summed E-state index contributed by atoms with van der Waals surface area (Å²) in [5, 5.41) is 9.54. The molecule has 0 aromatic rings. The van der Waals surface area contributed by atoms with E-state index in [-0.39, 0.29) is 18.1 Å². The number of carbonyl (C=O) groups excluding carboxylic acids is 1. The Kier molecular flexibility index (Phi) is 4.06. The summed E-state index contributed by atoms with van der Waals surface area (Å²) in [5.41, 5.74) is 0. The van der Waals surface area contributed by atoms with Crippen LogP contribution in [-0.2, 0) is 9.53 Å². The second-order valence-corrected chi connectivity index (χ2v) is 6.42. The zero-order valence-corrected chi connectivity index (χ0v) is 12.5. The number of carbonyl (C=O) groups is 2. The molecule has 2 heterocycles. The summed E-state index contributed by atoms with van der Waals surface area (Å²) in [6.45, 7) is 4.33. The van der Waals surface area contributed by atoms with Crippen LogP contribution in [0.25, 0.3) is 0 Å². The average molecular weight is 296 g/mol. The van der Waals surface area contributed by atoms with Crippen LogP contribution in [0, 0.1) is 11.8 Å². The van der Waals surface area contributed by atoms with Crippen molar-refractivity contribution in [3.63, 3.8) is 0 Å². The SMILES string of the molecule is CCC1CN(C(=O)N2CC3CCCC3C2C(=O)O)CCO1. The van der Waals surface area contributed by atoms with Gasteiger partial charge in [-0.05, 0) is 31.1 Å². The van der Waals surface area contributed by atoms with Crippen LogP contribution in [0.3, 0.4) is 0 Å². The van der Waals surface area contributed by atoms with Crippen molar-refractivity contribution in [2.45, 2.75) is 44.8 Å². The van der Waals surface area contributed by atoms with Crippen molar-refractivity contribution >= 4 is 12.0 Å². The molecule has 2 saturated heterocycles. The summed E-state index contributed by atoms with van der Waals surface area (Å²) in [6, 6.07) is -0.744. The Labute approximate surface area is 125 Å². The number of carboxylic acids is 1. The molecule has 3 rings (SSSR count). The van der Waals surface area contributed by atoms with E-state index in [2.05, 4.69) is 0 Å². The van der Waals surface area contributed by atoms with Gasteiger partial charge >= 0.3 is 12.0 Å². The molecule has 1 aliphatic carbocycles. The molecule has 21 heavy (non-hydrogen) atoms. The Morgan fingerprint density at radius 3 is 2.81 bits per heavy atom. The summed E-state index contributed by atoms with van der Waals surface area (Å²) in [4.78, 5) is 27.7. The van der Waals surface area contributed by atoms with Crippen LogP contribution in [0.4, 0.5) is 4.79 Å². The van der Waals surface area contributed by atoms with Crippen molar-refractivity contribution in [3.05, 3.63) is 0 Å². The molecule has 4 atom stereocenters. The minimum absolute atomic E-state index is 0.0769. The molecule has 3 fully saturated rings. The van der Waals surface area contributed by atoms with Gasteiger partial charge in [0.25, 0.3) is 0 Å². The molecule has 118 valence electrons. The van der Waals surface area contributed by atoms with Crippen LogP contribution in [0.2, 0.25) is 0 Å². The molecule has 0 spiro atoms. The van der Waals surface area contributed by atoms with Crippen molar-refractivity contribution in [2.24, 2.45) is 11.8 Å². The van der Waals surface area contributed by atoms with Gasteiger partial charge in [-0.25, -0.2) is 9.59 Å². The molecule has 2 amide bonds. The Balaban J connectivity index is 1.72. The number of likely N-dealkylation sites (tertiary alicyclic amines) is 1. The van der Waals surface area contributed by atoms with Crippen LogP contribution in [0.15, 0.2) is 0 Å². The number of morpholine rings is 1. The third kappa shape index (κ3) is 2.61. The maximum absolute atomic E-state index is 12.7. The molecule has 0 bridgehead atoms. The molecule has 0 aromatic carbocycles. The molecule has 0 radical (unpaired) electrons. The van der Waals surface area contributed by atoms with Crippen LogP contribution < -0.4 is 0 Å². The number of urea groups is 1. The predicted molar refractivity (Wildman–Crippen MR) is 76.0 cm³/mol. The summed E-state index contributed by atoms with van der Waals surface area (Å²) >= 11 is 0. The number of nitrogens with zero attached hydrogens (tertiary/aromatic N) is 2. The maximum Gasteiger partial charge on any atom is 0.326 e. The van der Waals surface area contributed by atoms with Gasteiger partial charge in [0.2, 0.25) is 0 Å². The van der Waals surface area contributed by atoms with Gasteiger partial charge in [0.1, 0.15) is 6.04 Å². The van der Waals surface area contributed by atoms with Crippen LogP contribution >= 0.6 is 0 Å². The van der Waals surface area contributed by atoms with Crippen LogP contribution in [0.5, 0.6) is 0 Å². The highest BCUT2D eigenvalue weighted by Gasteiger charge is 2.50. The lowest BCUT2D eigenvalue weighted by atomic mass is 9.94. The molecule has 6 nitrogen and oxygen atoms in total. The lowest BCUT2D eigenvalue weighted by molar-refractivity contribution is -0.142. The first-order chi connectivity index (χ1) is 10.1. The molecule has 6 heteroatoms. The Morgan fingerprint density at radius 2 is 2.10 bits per heavy atom. The smallest absolute Gasteiger partial charge is 0.326 e. The molecule has 1 saturated carbocycles. The minimum atomic E-state index is -0.849. The van der Waals surface area contributed by atoms with Crippen molar-refractivity contribution in [1.29, 1.82) is 0 Å². The molecular formula is C15H24N2O4. The standard InChI is InChI=1S/C15H24N2O4/c1-2-11-9-16(6-7-21-11)15(20)17-8-10-4-3-5-12(10)13(17)14(18)19/h10-13H,2-9H2,1H3,(H,18,19). The molecule has 0 aromatic heterocycles. The summed E-state index contributed by atoms with van der Waals surface area (Å²) in [7, 11) is 0. The van der Waals surface area contributed by atoms with Gasteiger partial charge in [0.05, 0.1) is 12.7 Å². The number of amides is 2. The summed E-state index contributed by atoms with van der Waals surface area (Å²) < 4.78 is 5.59. The highest BCUT2D eigenvalue weighted by atomic mass is 16.5. The minimum Gasteiger partial charge on any atom is -0.480 e. The monoisotopic (exact) mass is 296 g/mol. The van der Waals surface area contributed by atoms with E-state index in [0.717, 1.165) is 25.7 Å². The topological polar surface area (TPSA) is 70.1 Å². The fourth-order valence-electron chi connectivity index (χ4n) is 4.14. The second kappa shape index (κ2) is 5.83. The molecule has 4 unspecified atom stereocenters. The number of aliphatic carboxylic acids is 1. The summed E-state index contributed by atoms with van der Waals surface area (Å²) in [5.74, 6) is -0.328. The van der Waals surface area contributed by atoms with E-state index in [9.17, 15) is 14.7 Å². The first kappa shape index (κ1) is 14.6. The molecule has 1 N–H and O–H groups in total. The normalized spacial score (nSPS) is 35.9. The quantitative estimate of drug-likeness (QED) is 0.836. The number of carboxylic acid groups (broad SMARTS) is 1. The van der Waals surface area contributed by atoms with E-state index in [1.165, 1.54) is 0 Å². The van der Waals surface area contributed by atoms with Crippen molar-refractivity contribution < 1.29 is 19.4 Å². The highest BCUT2D eigenvalue weighted by Crippen LogP contribution is 2.42. The molecular weight excluding hydrogens is 272 g/mol. The van der Waals surface area contributed by atoms with E-state index in [1.807, 2.05) is 6.92 Å². The Hall–Kier alpha value is -1.30. The van der Waals surface area contributed by atoms with E-state index < -0.39 is 12.0 Å². The number of hydrogen-bond donors (Lipinski definition) is 1. The fourth-order valence-corrected chi connectivity index (χ4v) is 4.14. The van der Waals surface area contributed by atoms with Crippen molar-refractivity contribution in [3.8, 4) is 0 Å². The second-order valence-electron chi connectivity index (χ2n) is 6.42. The zero-order valence-electron chi connectivity index (χ0n) is 12.5. The lowest BCUT2D eigenvalue weighted by Gasteiger charge is -2.36. The van der Waals surface area contributed by atoms with Gasteiger partial charge in [-0.2, -0.15) is 0 Å². The van der Waals surface area contributed by atoms with Gasteiger partial charge in [0.15, 0.2) is 0 Å². The number of fused-ring (bicyclic) bond motifs is 1. The van der Waals surface area contributed by atoms with Gasteiger partial charge in [-0.15, -0.1) is 0 Å². The zero-order chi connectivity index (χ0) is 15.0. The first-order valence-corrected chi connectivity index (χ1v) is 8.01. The maximum atomic E-state index is 12.7. The van der Waals surface area contributed by atoms with Crippen molar-refractivity contribution in [2.75, 3.05) is 26.2 Å². The third-order valence-electron chi connectivity index (χ3n) is 5.25. The van der Waals surface area contributed by atoms with Crippen molar-refractivity contribution in [1.82, 2.24) is 9.80 Å². The lowest BCUT2D eigenvalue weighted by Crippen LogP contribution is -2.54. The number of ether oxygens (including phenoxy) is 1. The fraction of sp³-hybridized carbons (Fsp3) is 0.867. The van der Waals surface area contributed by atoms with E-state index in [4.69, 9.17) is 4.74 Å². The first-order valence-electron chi connectivity index (χ1n) is 8.01. The van der Waals surface area contributed by atoms with E-state index in [0.29, 0.717) is 32.2 Å². The van der Waals surface area contributed by atoms with Crippen LogP contribution in [0.1, 0.15) is 32.6 Å². The average Bonchev–Trinajstić information content (AvgIpc) is 3.06. The van der Waals surface area contributed by atoms with Gasteiger partial charge in [-0.3, -0.25) is 0 Å². The molecule has 2 aliphatic heterocycles. The number of hydrogen-bond acceptors (Lipinski definition) is 3. The largest absolute Gasteiger partial charge is 0.480 e. The Morgan fingerprint density at radius 1 is 1.29 bits per heavy atom. The van der Waals surface area contributed by atoms with Gasteiger partial charge in [-0.1, -0.05) is 13.3 Å². The Bertz CT molecular complexity index is 428.